The van der Waals surface area contributed by atoms with Gasteiger partial charge in [-0.05, 0) is 49.4 Å². The second-order valence-corrected chi connectivity index (χ2v) is 6.77. The molecule has 21 heavy (non-hydrogen) atoms. The highest BCUT2D eigenvalue weighted by Crippen LogP contribution is 2.34. The first kappa shape index (κ1) is 14.9. The largest absolute Gasteiger partial charge is 0.371 e. The van der Waals surface area contributed by atoms with Crippen molar-refractivity contribution < 1.29 is 0 Å². The molecule has 2 aromatic carbocycles. The van der Waals surface area contributed by atoms with Crippen molar-refractivity contribution in [1.82, 2.24) is 5.32 Å². The van der Waals surface area contributed by atoms with Gasteiger partial charge in [-0.3, -0.25) is 0 Å². The molecule has 1 N–H and O–H groups in total. The summed E-state index contributed by atoms with van der Waals surface area (Å²) in [6, 6.07) is 13.1. The molecular formula is C18H23BrN2. The number of nitrogens with one attached hydrogen (secondary N) is 1. The predicted octanol–water partition coefficient (Wildman–Crippen LogP) is 4.43. The number of benzene rings is 2. The van der Waals surface area contributed by atoms with E-state index in [2.05, 4.69) is 69.5 Å². The SMILES string of the molecule is CCCNCC1CCN(c2ccc(Br)c3ccccc23)C1. The summed E-state index contributed by atoms with van der Waals surface area (Å²) in [6.07, 6.45) is 2.51. The average Bonchev–Trinajstić information content (AvgIpc) is 2.97. The lowest BCUT2D eigenvalue weighted by Gasteiger charge is -2.21. The fraction of sp³-hybridized carbons (Fsp3) is 0.444. The Balaban J connectivity index is 1.78. The van der Waals surface area contributed by atoms with Gasteiger partial charge < -0.3 is 10.2 Å². The van der Waals surface area contributed by atoms with E-state index in [1.807, 2.05) is 0 Å². The van der Waals surface area contributed by atoms with Crippen LogP contribution >= 0.6 is 15.9 Å². The van der Waals surface area contributed by atoms with E-state index in [0.29, 0.717) is 0 Å². The van der Waals surface area contributed by atoms with Crippen LogP contribution in [-0.2, 0) is 0 Å². The van der Waals surface area contributed by atoms with Gasteiger partial charge in [-0.25, -0.2) is 0 Å². The second kappa shape index (κ2) is 6.80. The third-order valence-electron chi connectivity index (χ3n) is 4.33. The Kier molecular flexibility index (Phi) is 4.81. The zero-order chi connectivity index (χ0) is 14.7. The Morgan fingerprint density at radius 2 is 2.00 bits per heavy atom. The van der Waals surface area contributed by atoms with Crippen LogP contribution in [0, 0.1) is 5.92 Å². The Morgan fingerprint density at radius 1 is 1.19 bits per heavy atom. The van der Waals surface area contributed by atoms with Crippen LogP contribution in [0.15, 0.2) is 40.9 Å². The highest BCUT2D eigenvalue weighted by atomic mass is 79.9. The van der Waals surface area contributed by atoms with Gasteiger partial charge in [0, 0.05) is 28.6 Å². The van der Waals surface area contributed by atoms with Crippen molar-refractivity contribution >= 4 is 32.4 Å². The highest BCUT2D eigenvalue weighted by molar-refractivity contribution is 9.10. The number of halogens is 1. The minimum Gasteiger partial charge on any atom is -0.371 e. The number of nitrogens with zero attached hydrogens (tertiary/aromatic N) is 1. The molecule has 1 fully saturated rings. The summed E-state index contributed by atoms with van der Waals surface area (Å²) in [7, 11) is 0. The Labute approximate surface area is 135 Å². The minimum absolute atomic E-state index is 0.777. The summed E-state index contributed by atoms with van der Waals surface area (Å²) in [5, 5.41) is 6.22. The molecule has 0 bridgehead atoms. The van der Waals surface area contributed by atoms with Gasteiger partial charge >= 0.3 is 0 Å². The van der Waals surface area contributed by atoms with Crippen LogP contribution < -0.4 is 10.2 Å². The van der Waals surface area contributed by atoms with Crippen LogP contribution in [0.1, 0.15) is 19.8 Å². The maximum Gasteiger partial charge on any atom is 0.0446 e. The van der Waals surface area contributed by atoms with E-state index < -0.39 is 0 Å². The third-order valence-corrected chi connectivity index (χ3v) is 5.03. The molecule has 1 aliphatic rings. The van der Waals surface area contributed by atoms with Gasteiger partial charge in [0.25, 0.3) is 0 Å². The smallest absolute Gasteiger partial charge is 0.0446 e. The summed E-state index contributed by atoms with van der Waals surface area (Å²) in [5.74, 6) is 0.777. The molecule has 1 saturated heterocycles. The first-order valence-corrected chi connectivity index (χ1v) is 8.72. The molecule has 112 valence electrons. The normalized spacial score (nSPS) is 18.6. The lowest BCUT2D eigenvalue weighted by molar-refractivity contribution is 0.516. The van der Waals surface area contributed by atoms with E-state index in [9.17, 15) is 0 Å². The summed E-state index contributed by atoms with van der Waals surface area (Å²) in [5.41, 5.74) is 1.38. The molecule has 0 spiro atoms. The molecule has 0 aromatic heterocycles. The van der Waals surface area contributed by atoms with Crippen LogP contribution in [0.5, 0.6) is 0 Å². The van der Waals surface area contributed by atoms with Crippen LogP contribution in [0.2, 0.25) is 0 Å². The van der Waals surface area contributed by atoms with Crippen molar-refractivity contribution in [2.24, 2.45) is 5.92 Å². The lowest BCUT2D eigenvalue weighted by Crippen LogP contribution is -2.26. The molecule has 0 aliphatic carbocycles. The topological polar surface area (TPSA) is 15.3 Å². The maximum absolute atomic E-state index is 3.67. The number of rotatable bonds is 5. The van der Waals surface area contributed by atoms with Crippen molar-refractivity contribution in [2.75, 3.05) is 31.1 Å². The van der Waals surface area contributed by atoms with Gasteiger partial charge in [0.15, 0.2) is 0 Å². The summed E-state index contributed by atoms with van der Waals surface area (Å²) < 4.78 is 1.18. The van der Waals surface area contributed by atoms with E-state index in [4.69, 9.17) is 0 Å². The van der Waals surface area contributed by atoms with E-state index in [1.54, 1.807) is 0 Å². The number of fused-ring (bicyclic) bond motifs is 1. The zero-order valence-electron chi connectivity index (χ0n) is 12.6. The maximum atomic E-state index is 3.67. The molecule has 1 unspecified atom stereocenters. The van der Waals surface area contributed by atoms with Gasteiger partial charge in [0.2, 0.25) is 0 Å². The lowest BCUT2D eigenvalue weighted by atomic mass is 10.1. The molecule has 1 aliphatic heterocycles. The monoisotopic (exact) mass is 346 g/mol. The van der Waals surface area contributed by atoms with Gasteiger partial charge in [-0.2, -0.15) is 0 Å². The minimum atomic E-state index is 0.777. The predicted molar refractivity (Wildman–Crippen MR) is 95.1 cm³/mol. The highest BCUT2D eigenvalue weighted by Gasteiger charge is 2.23. The molecule has 1 atom stereocenters. The third kappa shape index (κ3) is 3.24. The second-order valence-electron chi connectivity index (χ2n) is 5.92. The van der Waals surface area contributed by atoms with Crippen molar-refractivity contribution in [1.29, 1.82) is 0 Å². The molecule has 3 heteroatoms. The van der Waals surface area contributed by atoms with Crippen LogP contribution in [0.3, 0.4) is 0 Å². The van der Waals surface area contributed by atoms with Crippen LogP contribution in [0.4, 0.5) is 5.69 Å². The Hall–Kier alpha value is -1.06. The van der Waals surface area contributed by atoms with E-state index >= 15 is 0 Å². The standard InChI is InChI=1S/C18H23BrN2/c1-2-10-20-12-14-9-11-21(13-14)18-8-7-17(19)15-5-3-4-6-16(15)18/h3-8,14,20H,2,9-13H2,1H3. The van der Waals surface area contributed by atoms with Crippen LogP contribution in [-0.4, -0.2) is 26.2 Å². The Bertz CT molecular complexity index is 611. The summed E-state index contributed by atoms with van der Waals surface area (Å²) in [4.78, 5) is 2.55. The summed E-state index contributed by atoms with van der Waals surface area (Å²) >= 11 is 3.67. The fourth-order valence-electron chi connectivity index (χ4n) is 3.22. The van der Waals surface area contributed by atoms with Crippen molar-refractivity contribution in [3.8, 4) is 0 Å². The fourth-order valence-corrected chi connectivity index (χ4v) is 3.70. The number of anilines is 1. The van der Waals surface area contributed by atoms with Crippen molar-refractivity contribution in [3.63, 3.8) is 0 Å². The average molecular weight is 347 g/mol. The Morgan fingerprint density at radius 3 is 2.81 bits per heavy atom. The zero-order valence-corrected chi connectivity index (χ0v) is 14.2. The molecule has 3 rings (SSSR count). The molecule has 1 heterocycles. The number of hydrogen-bond acceptors (Lipinski definition) is 2. The van der Waals surface area contributed by atoms with Crippen molar-refractivity contribution in [2.45, 2.75) is 19.8 Å². The first-order chi connectivity index (χ1) is 10.3. The van der Waals surface area contributed by atoms with Crippen molar-refractivity contribution in [3.05, 3.63) is 40.9 Å². The molecule has 2 nitrogen and oxygen atoms in total. The molecule has 0 saturated carbocycles. The van der Waals surface area contributed by atoms with E-state index in [-0.39, 0.29) is 0 Å². The van der Waals surface area contributed by atoms with E-state index in [1.165, 1.54) is 46.9 Å². The molecular weight excluding hydrogens is 324 g/mol. The molecule has 0 amide bonds. The van der Waals surface area contributed by atoms with Crippen LogP contribution in [0.25, 0.3) is 10.8 Å². The summed E-state index contributed by atoms with van der Waals surface area (Å²) in [6.45, 7) is 6.85. The molecule has 2 aromatic rings. The van der Waals surface area contributed by atoms with Gasteiger partial charge in [0.05, 0.1) is 0 Å². The van der Waals surface area contributed by atoms with E-state index in [0.717, 1.165) is 19.0 Å². The van der Waals surface area contributed by atoms with Gasteiger partial charge in [-0.1, -0.05) is 47.1 Å². The quantitative estimate of drug-likeness (QED) is 0.805. The van der Waals surface area contributed by atoms with Gasteiger partial charge in [-0.15, -0.1) is 0 Å². The van der Waals surface area contributed by atoms with Gasteiger partial charge in [0.1, 0.15) is 0 Å². The molecule has 0 radical (unpaired) electrons. The first-order valence-electron chi connectivity index (χ1n) is 7.92. The number of hydrogen-bond donors (Lipinski definition) is 1.